The summed E-state index contributed by atoms with van der Waals surface area (Å²) in [4.78, 5) is 16.1. The van der Waals surface area contributed by atoms with Gasteiger partial charge in [-0.25, -0.2) is 17.5 Å². The highest BCUT2D eigenvalue weighted by molar-refractivity contribution is 7.89. The number of nitrogens with zero attached hydrogens (tertiary/aromatic N) is 1. The van der Waals surface area contributed by atoms with E-state index in [-0.39, 0.29) is 24.3 Å². The first-order chi connectivity index (χ1) is 13.0. The molecule has 1 aromatic carbocycles. The number of rotatable bonds is 6. The van der Waals surface area contributed by atoms with Gasteiger partial charge in [0.15, 0.2) is 0 Å². The molecule has 4 rings (SSSR count). The summed E-state index contributed by atoms with van der Waals surface area (Å²) in [6.07, 6.45) is 4.15. The standard InChI is InChI=1S/C20H23FN2O4S/c1-20(2,21)10-23-28(26,27)18-15-7-13(19(24)25)5-12(15)6-14-9-22-17(8-16(14)18)11-3-4-11/h6,8-9,11,13,23H,3-5,7,10H2,1-2H3,(H,24,25). The molecule has 2 N–H and O–H groups in total. The van der Waals surface area contributed by atoms with Crippen LogP contribution in [0, 0.1) is 5.92 Å². The van der Waals surface area contributed by atoms with E-state index < -0.39 is 27.6 Å². The molecule has 1 heterocycles. The van der Waals surface area contributed by atoms with E-state index in [1.807, 2.05) is 6.07 Å². The van der Waals surface area contributed by atoms with Crippen LogP contribution in [0.4, 0.5) is 4.39 Å². The molecule has 2 aromatic rings. The van der Waals surface area contributed by atoms with Crippen LogP contribution in [0.25, 0.3) is 10.8 Å². The van der Waals surface area contributed by atoms with Crippen molar-refractivity contribution in [2.24, 2.45) is 5.92 Å². The van der Waals surface area contributed by atoms with Crippen molar-refractivity contribution in [3.05, 3.63) is 35.2 Å². The van der Waals surface area contributed by atoms with Crippen molar-refractivity contribution in [2.45, 2.75) is 56.0 Å². The molecule has 0 spiro atoms. The van der Waals surface area contributed by atoms with Gasteiger partial charge in [0.2, 0.25) is 10.0 Å². The second kappa shape index (κ2) is 6.49. The van der Waals surface area contributed by atoms with Crippen LogP contribution in [0.2, 0.25) is 0 Å². The molecule has 0 aliphatic heterocycles. The minimum Gasteiger partial charge on any atom is -0.481 e. The number of aliphatic carboxylic acids is 1. The minimum absolute atomic E-state index is 0.0808. The van der Waals surface area contributed by atoms with Gasteiger partial charge in [0.25, 0.3) is 0 Å². The van der Waals surface area contributed by atoms with E-state index in [1.165, 1.54) is 13.8 Å². The number of nitrogens with one attached hydrogen (secondary N) is 1. The van der Waals surface area contributed by atoms with Gasteiger partial charge in [-0.3, -0.25) is 9.78 Å². The Morgan fingerprint density at radius 3 is 2.64 bits per heavy atom. The molecule has 1 aromatic heterocycles. The maximum Gasteiger partial charge on any atom is 0.307 e. The van der Waals surface area contributed by atoms with Crippen LogP contribution in [-0.4, -0.2) is 36.7 Å². The van der Waals surface area contributed by atoms with Crippen molar-refractivity contribution in [3.63, 3.8) is 0 Å². The second-order valence-electron chi connectivity index (χ2n) is 8.43. The Balaban J connectivity index is 1.89. The largest absolute Gasteiger partial charge is 0.481 e. The molecular formula is C20H23FN2O4S. The first-order valence-corrected chi connectivity index (χ1v) is 10.9. The second-order valence-corrected chi connectivity index (χ2v) is 10.1. The molecule has 1 saturated carbocycles. The highest BCUT2D eigenvalue weighted by Gasteiger charge is 2.35. The zero-order valence-electron chi connectivity index (χ0n) is 15.8. The van der Waals surface area contributed by atoms with E-state index in [9.17, 15) is 22.7 Å². The Bertz CT molecular complexity index is 1070. The summed E-state index contributed by atoms with van der Waals surface area (Å²) in [7, 11) is -4.03. The van der Waals surface area contributed by atoms with E-state index in [0.717, 1.165) is 18.5 Å². The molecule has 28 heavy (non-hydrogen) atoms. The Morgan fingerprint density at radius 1 is 1.32 bits per heavy atom. The molecule has 2 aliphatic carbocycles. The maximum absolute atomic E-state index is 14.0. The number of fused-ring (bicyclic) bond motifs is 2. The summed E-state index contributed by atoms with van der Waals surface area (Å²) < 4.78 is 42.7. The average molecular weight is 406 g/mol. The van der Waals surface area contributed by atoms with E-state index >= 15 is 0 Å². The number of carboxylic acid groups (broad SMARTS) is 1. The van der Waals surface area contributed by atoms with Gasteiger partial charge in [-0.05, 0) is 62.8 Å². The minimum atomic E-state index is -4.03. The van der Waals surface area contributed by atoms with Crippen LogP contribution in [0.3, 0.4) is 0 Å². The summed E-state index contributed by atoms with van der Waals surface area (Å²) in [5.74, 6) is -1.26. The number of alkyl halides is 1. The van der Waals surface area contributed by atoms with E-state index in [2.05, 4.69) is 9.71 Å². The molecule has 0 amide bonds. The van der Waals surface area contributed by atoms with Crippen molar-refractivity contribution in [1.82, 2.24) is 9.71 Å². The van der Waals surface area contributed by atoms with Crippen LogP contribution in [-0.2, 0) is 27.7 Å². The third-order valence-corrected chi connectivity index (χ3v) is 6.93. The smallest absolute Gasteiger partial charge is 0.307 e. The first kappa shape index (κ1) is 19.3. The molecular weight excluding hydrogens is 383 g/mol. The molecule has 0 bridgehead atoms. The summed E-state index contributed by atoms with van der Waals surface area (Å²) in [5, 5.41) is 10.6. The molecule has 1 atom stereocenters. The maximum atomic E-state index is 14.0. The third kappa shape index (κ3) is 3.63. The van der Waals surface area contributed by atoms with E-state index in [1.54, 1.807) is 12.3 Å². The summed E-state index contributed by atoms with van der Waals surface area (Å²) in [6.45, 7) is 2.25. The number of halogens is 1. The lowest BCUT2D eigenvalue weighted by Crippen LogP contribution is -2.35. The highest BCUT2D eigenvalue weighted by Crippen LogP contribution is 2.42. The van der Waals surface area contributed by atoms with Crippen molar-refractivity contribution in [3.8, 4) is 0 Å². The van der Waals surface area contributed by atoms with Crippen molar-refractivity contribution in [2.75, 3.05) is 6.54 Å². The quantitative estimate of drug-likeness (QED) is 0.769. The SMILES string of the molecule is CC(C)(F)CNS(=O)(=O)c1c2c(cc3cnc(C4CC4)cc13)CC(C(=O)O)C2. The van der Waals surface area contributed by atoms with Gasteiger partial charge in [-0.2, -0.15) is 0 Å². The molecule has 1 unspecified atom stereocenters. The van der Waals surface area contributed by atoms with Gasteiger partial charge in [0, 0.05) is 35.1 Å². The number of hydrogen-bond acceptors (Lipinski definition) is 4. The molecule has 150 valence electrons. The van der Waals surface area contributed by atoms with E-state index in [4.69, 9.17) is 0 Å². The van der Waals surface area contributed by atoms with Gasteiger partial charge in [-0.1, -0.05) is 0 Å². The summed E-state index contributed by atoms with van der Waals surface area (Å²) >= 11 is 0. The van der Waals surface area contributed by atoms with Gasteiger partial charge in [0.05, 0.1) is 10.8 Å². The number of carboxylic acids is 1. The zero-order valence-corrected chi connectivity index (χ0v) is 16.6. The van der Waals surface area contributed by atoms with Gasteiger partial charge >= 0.3 is 5.97 Å². The molecule has 0 saturated heterocycles. The van der Waals surface area contributed by atoms with E-state index in [0.29, 0.717) is 27.8 Å². The number of aromatic nitrogens is 1. The Labute approximate surface area is 163 Å². The normalized spacial score (nSPS) is 19.8. The topological polar surface area (TPSA) is 96.4 Å². The van der Waals surface area contributed by atoms with Crippen LogP contribution in [0.1, 0.15) is 49.4 Å². The van der Waals surface area contributed by atoms with Crippen molar-refractivity contribution < 1.29 is 22.7 Å². The Morgan fingerprint density at radius 2 is 2.04 bits per heavy atom. The summed E-state index contributed by atoms with van der Waals surface area (Å²) in [6, 6.07) is 3.64. The molecule has 2 aliphatic rings. The highest BCUT2D eigenvalue weighted by atomic mass is 32.2. The first-order valence-electron chi connectivity index (χ1n) is 9.41. The Hall–Kier alpha value is -2.06. The monoisotopic (exact) mass is 406 g/mol. The number of carbonyl (C=O) groups is 1. The predicted octanol–water partition coefficient (Wildman–Crippen LogP) is 2.94. The third-order valence-electron chi connectivity index (χ3n) is 5.40. The van der Waals surface area contributed by atoms with Crippen molar-refractivity contribution >= 4 is 26.8 Å². The van der Waals surface area contributed by atoms with Crippen LogP contribution in [0.5, 0.6) is 0 Å². The van der Waals surface area contributed by atoms with Gasteiger partial charge < -0.3 is 5.11 Å². The lowest BCUT2D eigenvalue weighted by atomic mass is 10.0. The lowest BCUT2D eigenvalue weighted by molar-refractivity contribution is -0.141. The number of sulfonamides is 1. The van der Waals surface area contributed by atoms with Crippen LogP contribution >= 0.6 is 0 Å². The molecule has 0 radical (unpaired) electrons. The Kier molecular flexibility index (Phi) is 4.46. The lowest BCUT2D eigenvalue weighted by Gasteiger charge is -2.18. The van der Waals surface area contributed by atoms with Crippen molar-refractivity contribution in [1.29, 1.82) is 0 Å². The summed E-state index contributed by atoms with van der Waals surface area (Å²) in [5.41, 5.74) is 0.380. The fourth-order valence-corrected chi connectivity index (χ4v) is 5.47. The molecule has 1 fully saturated rings. The van der Waals surface area contributed by atoms with Crippen LogP contribution < -0.4 is 4.72 Å². The predicted molar refractivity (Wildman–Crippen MR) is 103 cm³/mol. The van der Waals surface area contributed by atoms with Crippen LogP contribution in [0.15, 0.2) is 23.2 Å². The number of hydrogen-bond donors (Lipinski definition) is 2. The molecule has 6 nitrogen and oxygen atoms in total. The number of pyridine rings is 1. The van der Waals surface area contributed by atoms with Gasteiger partial charge in [-0.15, -0.1) is 0 Å². The fraction of sp³-hybridized carbons (Fsp3) is 0.500. The fourth-order valence-electron chi connectivity index (χ4n) is 3.79. The molecule has 8 heteroatoms. The van der Waals surface area contributed by atoms with Gasteiger partial charge in [0.1, 0.15) is 5.67 Å². The number of benzene rings is 1. The zero-order chi connectivity index (χ0) is 20.3. The average Bonchev–Trinajstić information content (AvgIpc) is 3.36.